The molecule has 0 aliphatic rings. The van der Waals surface area contributed by atoms with E-state index in [0.29, 0.717) is 11.1 Å². The SMILES string of the molecule is Cc1nccc2[nH]cc([N+](=O)[O-])c12. The van der Waals surface area contributed by atoms with Crippen LogP contribution in [-0.2, 0) is 0 Å². The standard InChI is InChI=1S/C8H7N3O2/c1-5-8-6(2-3-9-5)10-4-7(8)11(12)13/h2-4,10H,1H3. The Kier molecular flexibility index (Phi) is 1.51. The van der Waals surface area contributed by atoms with Gasteiger partial charge in [-0.2, -0.15) is 0 Å². The lowest BCUT2D eigenvalue weighted by Crippen LogP contribution is -1.88. The first kappa shape index (κ1) is 7.72. The molecule has 2 aromatic rings. The van der Waals surface area contributed by atoms with Crippen LogP contribution in [-0.4, -0.2) is 14.9 Å². The number of aromatic amines is 1. The van der Waals surface area contributed by atoms with Gasteiger partial charge in [-0.1, -0.05) is 0 Å². The van der Waals surface area contributed by atoms with Crippen LogP contribution in [0.4, 0.5) is 5.69 Å². The molecule has 2 rings (SSSR count). The molecule has 0 aliphatic carbocycles. The molecule has 0 atom stereocenters. The zero-order chi connectivity index (χ0) is 9.42. The first-order chi connectivity index (χ1) is 6.20. The van der Waals surface area contributed by atoms with E-state index in [-0.39, 0.29) is 5.69 Å². The van der Waals surface area contributed by atoms with Gasteiger partial charge in [0.15, 0.2) is 0 Å². The average molecular weight is 177 g/mol. The lowest BCUT2D eigenvalue weighted by molar-refractivity contribution is -0.383. The Labute approximate surface area is 73.6 Å². The second kappa shape index (κ2) is 2.55. The third-order valence-corrected chi connectivity index (χ3v) is 1.96. The van der Waals surface area contributed by atoms with Crippen LogP contribution in [0.15, 0.2) is 18.5 Å². The highest BCUT2D eigenvalue weighted by Crippen LogP contribution is 2.26. The Balaban J connectivity index is 2.86. The normalized spacial score (nSPS) is 10.5. The van der Waals surface area contributed by atoms with Gasteiger partial charge in [-0.3, -0.25) is 15.1 Å². The Morgan fingerprint density at radius 1 is 1.62 bits per heavy atom. The molecule has 0 spiro atoms. The third-order valence-electron chi connectivity index (χ3n) is 1.96. The maximum atomic E-state index is 10.6. The smallest absolute Gasteiger partial charge is 0.296 e. The molecule has 0 unspecified atom stereocenters. The molecule has 0 aromatic carbocycles. The van der Waals surface area contributed by atoms with Crippen LogP contribution in [0.5, 0.6) is 0 Å². The quantitative estimate of drug-likeness (QED) is 0.533. The van der Waals surface area contributed by atoms with Crippen molar-refractivity contribution >= 4 is 16.6 Å². The average Bonchev–Trinajstić information content (AvgIpc) is 2.49. The van der Waals surface area contributed by atoms with Gasteiger partial charge in [0.25, 0.3) is 5.69 Å². The molecule has 66 valence electrons. The summed E-state index contributed by atoms with van der Waals surface area (Å²) >= 11 is 0. The lowest BCUT2D eigenvalue weighted by Gasteiger charge is -1.93. The number of nitro groups is 1. The van der Waals surface area contributed by atoms with Gasteiger partial charge in [-0.05, 0) is 13.0 Å². The fourth-order valence-electron chi connectivity index (χ4n) is 1.37. The Bertz CT molecular complexity index is 475. The van der Waals surface area contributed by atoms with Crippen molar-refractivity contribution in [2.45, 2.75) is 6.92 Å². The highest BCUT2D eigenvalue weighted by atomic mass is 16.6. The maximum absolute atomic E-state index is 10.6. The number of nitrogens with zero attached hydrogens (tertiary/aromatic N) is 2. The minimum atomic E-state index is -0.409. The molecular weight excluding hydrogens is 170 g/mol. The molecule has 2 heterocycles. The summed E-state index contributed by atoms with van der Waals surface area (Å²) < 4.78 is 0. The summed E-state index contributed by atoms with van der Waals surface area (Å²) in [6.45, 7) is 1.75. The van der Waals surface area contributed by atoms with Crippen LogP contribution in [0.25, 0.3) is 10.9 Å². The Hall–Kier alpha value is -1.91. The number of aromatic nitrogens is 2. The van der Waals surface area contributed by atoms with E-state index in [0.717, 1.165) is 5.52 Å². The van der Waals surface area contributed by atoms with Crippen LogP contribution >= 0.6 is 0 Å². The van der Waals surface area contributed by atoms with Crippen LogP contribution in [0.3, 0.4) is 0 Å². The van der Waals surface area contributed by atoms with Gasteiger partial charge in [-0.15, -0.1) is 0 Å². The number of aryl methyl sites for hydroxylation is 1. The molecule has 0 radical (unpaired) electrons. The molecule has 1 N–H and O–H groups in total. The van der Waals surface area contributed by atoms with Gasteiger partial charge in [0.05, 0.1) is 27.7 Å². The first-order valence-corrected chi connectivity index (χ1v) is 3.77. The van der Waals surface area contributed by atoms with E-state index < -0.39 is 4.92 Å². The summed E-state index contributed by atoms with van der Waals surface area (Å²) in [5.74, 6) is 0. The zero-order valence-electron chi connectivity index (χ0n) is 6.94. The third kappa shape index (κ3) is 1.05. The fraction of sp³-hybridized carbons (Fsp3) is 0.125. The molecule has 0 saturated carbocycles. The largest absolute Gasteiger partial charge is 0.355 e. The summed E-state index contributed by atoms with van der Waals surface area (Å²) in [6, 6.07) is 1.72. The van der Waals surface area contributed by atoms with Crippen molar-refractivity contribution in [2.75, 3.05) is 0 Å². The van der Waals surface area contributed by atoms with Crippen LogP contribution in [0.2, 0.25) is 0 Å². The summed E-state index contributed by atoms with van der Waals surface area (Å²) in [5, 5.41) is 11.2. The predicted molar refractivity (Wildman–Crippen MR) is 47.5 cm³/mol. The van der Waals surface area contributed by atoms with Gasteiger partial charge < -0.3 is 4.98 Å². The van der Waals surface area contributed by atoms with Gasteiger partial charge in [0.1, 0.15) is 0 Å². The van der Waals surface area contributed by atoms with Crippen molar-refractivity contribution in [1.29, 1.82) is 0 Å². The Morgan fingerprint density at radius 3 is 3.08 bits per heavy atom. The Morgan fingerprint density at radius 2 is 2.38 bits per heavy atom. The van der Waals surface area contributed by atoms with E-state index in [1.165, 1.54) is 6.20 Å². The molecule has 0 amide bonds. The molecule has 0 saturated heterocycles. The molecule has 2 aromatic heterocycles. The number of nitrogens with one attached hydrogen (secondary N) is 1. The van der Waals surface area contributed by atoms with E-state index in [9.17, 15) is 10.1 Å². The topological polar surface area (TPSA) is 71.8 Å². The van der Waals surface area contributed by atoms with Gasteiger partial charge in [-0.25, -0.2) is 0 Å². The molecular formula is C8H7N3O2. The second-order valence-electron chi connectivity index (χ2n) is 2.75. The molecule has 0 fully saturated rings. The predicted octanol–water partition coefficient (Wildman–Crippen LogP) is 1.78. The van der Waals surface area contributed by atoms with E-state index in [1.807, 2.05) is 0 Å². The fourth-order valence-corrected chi connectivity index (χ4v) is 1.37. The minimum Gasteiger partial charge on any atom is -0.355 e. The number of pyridine rings is 1. The van der Waals surface area contributed by atoms with E-state index in [1.54, 1.807) is 19.2 Å². The van der Waals surface area contributed by atoms with Crippen molar-refractivity contribution in [3.05, 3.63) is 34.3 Å². The summed E-state index contributed by atoms with van der Waals surface area (Å²) in [6.07, 6.45) is 3.01. The van der Waals surface area contributed by atoms with Crippen LogP contribution in [0, 0.1) is 17.0 Å². The zero-order valence-corrected chi connectivity index (χ0v) is 6.94. The van der Waals surface area contributed by atoms with E-state index in [4.69, 9.17) is 0 Å². The number of fused-ring (bicyclic) bond motifs is 1. The first-order valence-electron chi connectivity index (χ1n) is 3.77. The highest BCUT2D eigenvalue weighted by Gasteiger charge is 2.15. The van der Waals surface area contributed by atoms with Crippen LogP contribution in [0.1, 0.15) is 5.69 Å². The highest BCUT2D eigenvalue weighted by molar-refractivity contribution is 5.90. The molecule has 5 heteroatoms. The van der Waals surface area contributed by atoms with E-state index in [2.05, 4.69) is 9.97 Å². The van der Waals surface area contributed by atoms with Crippen molar-refractivity contribution in [2.24, 2.45) is 0 Å². The number of H-pyrrole nitrogens is 1. The van der Waals surface area contributed by atoms with Crippen molar-refractivity contribution in [3.63, 3.8) is 0 Å². The minimum absolute atomic E-state index is 0.0839. The van der Waals surface area contributed by atoms with E-state index >= 15 is 0 Å². The monoisotopic (exact) mass is 177 g/mol. The van der Waals surface area contributed by atoms with Crippen molar-refractivity contribution in [3.8, 4) is 0 Å². The maximum Gasteiger partial charge on any atom is 0.296 e. The number of hydrogen-bond acceptors (Lipinski definition) is 3. The van der Waals surface area contributed by atoms with Gasteiger partial charge in [0, 0.05) is 6.20 Å². The lowest BCUT2D eigenvalue weighted by atomic mass is 10.2. The second-order valence-corrected chi connectivity index (χ2v) is 2.75. The number of rotatable bonds is 1. The summed E-state index contributed by atoms with van der Waals surface area (Å²) in [5.41, 5.74) is 1.50. The van der Waals surface area contributed by atoms with Gasteiger partial charge in [0.2, 0.25) is 0 Å². The van der Waals surface area contributed by atoms with Gasteiger partial charge >= 0.3 is 0 Å². The number of hydrogen-bond donors (Lipinski definition) is 1. The summed E-state index contributed by atoms with van der Waals surface area (Å²) in [4.78, 5) is 17.0. The van der Waals surface area contributed by atoms with Crippen molar-refractivity contribution < 1.29 is 4.92 Å². The van der Waals surface area contributed by atoms with Crippen molar-refractivity contribution in [1.82, 2.24) is 9.97 Å². The molecule has 5 nitrogen and oxygen atoms in total. The molecule has 0 aliphatic heterocycles. The molecule has 13 heavy (non-hydrogen) atoms. The summed E-state index contributed by atoms with van der Waals surface area (Å²) in [7, 11) is 0. The van der Waals surface area contributed by atoms with Crippen LogP contribution < -0.4 is 0 Å². The molecule has 0 bridgehead atoms.